The molecular weight excluding hydrogens is 422 g/mol. The highest BCUT2D eigenvalue weighted by Gasteiger charge is 2.49. The third-order valence-electron chi connectivity index (χ3n) is 6.60. The first kappa shape index (κ1) is 22.2. The number of fused-ring (bicyclic) bond motifs is 1. The molecule has 3 heterocycles. The zero-order valence-electron chi connectivity index (χ0n) is 17.8. The van der Waals surface area contributed by atoms with Crippen LogP contribution >= 0.6 is 0 Å². The summed E-state index contributed by atoms with van der Waals surface area (Å²) in [5, 5.41) is 10.6. The van der Waals surface area contributed by atoms with Crippen LogP contribution in [-0.2, 0) is 26.1 Å². The highest BCUT2D eigenvalue weighted by atomic mass is 32.2. The van der Waals surface area contributed by atoms with E-state index in [0.717, 1.165) is 11.8 Å². The summed E-state index contributed by atoms with van der Waals surface area (Å²) < 4.78 is 32.0. The van der Waals surface area contributed by atoms with E-state index >= 15 is 0 Å². The van der Waals surface area contributed by atoms with E-state index in [2.05, 4.69) is 4.72 Å². The normalized spacial score (nSPS) is 28.1. The maximum absolute atomic E-state index is 12.8. The highest BCUT2D eigenvalue weighted by Crippen LogP contribution is 2.38. The molecule has 0 aliphatic carbocycles. The zero-order valence-corrected chi connectivity index (χ0v) is 18.7. The smallest absolute Gasteiger partial charge is 0.254 e. The molecule has 31 heavy (non-hydrogen) atoms. The van der Waals surface area contributed by atoms with Crippen molar-refractivity contribution in [2.24, 2.45) is 0 Å². The van der Waals surface area contributed by atoms with E-state index in [-0.39, 0.29) is 25.0 Å². The molecule has 9 nitrogen and oxygen atoms in total. The van der Waals surface area contributed by atoms with E-state index in [1.807, 2.05) is 18.2 Å². The minimum absolute atomic E-state index is 0.0225. The van der Waals surface area contributed by atoms with Crippen molar-refractivity contribution in [1.82, 2.24) is 14.5 Å². The lowest BCUT2D eigenvalue weighted by Crippen LogP contribution is -2.64. The number of amides is 2. The largest absolute Gasteiger partial charge is 0.386 e. The number of ether oxygens (including phenoxy) is 1. The topological polar surface area (TPSA) is 116 Å². The third kappa shape index (κ3) is 4.62. The lowest BCUT2D eigenvalue weighted by Gasteiger charge is -2.50. The van der Waals surface area contributed by atoms with Gasteiger partial charge in [0.05, 0.1) is 24.5 Å². The average Bonchev–Trinajstić information content (AvgIpc) is 3.00. The summed E-state index contributed by atoms with van der Waals surface area (Å²) in [4.78, 5) is 28.7. The van der Waals surface area contributed by atoms with Crippen LogP contribution in [0.3, 0.4) is 0 Å². The molecule has 0 radical (unpaired) electrons. The van der Waals surface area contributed by atoms with Gasteiger partial charge >= 0.3 is 0 Å². The van der Waals surface area contributed by atoms with Crippen molar-refractivity contribution in [1.29, 1.82) is 0 Å². The second-order valence-corrected chi connectivity index (χ2v) is 11.0. The molecule has 2 N–H and O–H groups in total. The van der Waals surface area contributed by atoms with Gasteiger partial charge in [0.1, 0.15) is 12.1 Å². The number of carbonyl (C=O) groups is 2. The molecule has 0 unspecified atom stereocenters. The van der Waals surface area contributed by atoms with Crippen LogP contribution in [0.1, 0.15) is 42.1 Å². The Morgan fingerprint density at radius 1 is 1.29 bits per heavy atom. The van der Waals surface area contributed by atoms with Crippen LogP contribution in [0.25, 0.3) is 0 Å². The Balaban J connectivity index is 1.35. The van der Waals surface area contributed by atoms with Crippen molar-refractivity contribution in [3.05, 3.63) is 35.4 Å². The van der Waals surface area contributed by atoms with Gasteiger partial charge in [-0.05, 0) is 37.8 Å². The van der Waals surface area contributed by atoms with E-state index in [4.69, 9.17) is 4.74 Å². The summed E-state index contributed by atoms with van der Waals surface area (Å²) in [5.74, 6) is -0.227. The number of sulfonamides is 1. The summed E-state index contributed by atoms with van der Waals surface area (Å²) in [7, 11) is -3.48. The number of benzene rings is 1. The summed E-state index contributed by atoms with van der Waals surface area (Å²) >= 11 is 0. The van der Waals surface area contributed by atoms with Crippen molar-refractivity contribution in [2.75, 3.05) is 32.5 Å². The van der Waals surface area contributed by atoms with Crippen molar-refractivity contribution in [3.63, 3.8) is 0 Å². The van der Waals surface area contributed by atoms with Crippen LogP contribution in [0.2, 0.25) is 0 Å². The molecule has 2 amide bonds. The molecule has 10 heteroatoms. The van der Waals surface area contributed by atoms with E-state index in [1.54, 1.807) is 22.8 Å². The minimum atomic E-state index is -3.48. The standard InChI is InChI=1S/C21H29N3O6S/c1-20(27)14-30-21(11-17(20)22-31(2,28)29)7-9-23(10-8-21)18(25)13-24-12-15-5-3-4-6-16(15)19(24)26/h3-6,17,22,27H,7-14H2,1-2H3/t17-,20-/m0/s1. The average molecular weight is 452 g/mol. The molecule has 2 atom stereocenters. The number of aliphatic hydroxyl groups is 1. The van der Waals surface area contributed by atoms with Gasteiger partial charge in [-0.25, -0.2) is 13.1 Å². The minimum Gasteiger partial charge on any atom is -0.386 e. The Labute approximate surface area is 182 Å². The number of carbonyl (C=O) groups excluding carboxylic acids is 2. The van der Waals surface area contributed by atoms with E-state index < -0.39 is 27.3 Å². The fraction of sp³-hybridized carbons (Fsp3) is 0.619. The van der Waals surface area contributed by atoms with Crippen LogP contribution in [0.15, 0.2) is 24.3 Å². The molecule has 0 bridgehead atoms. The number of nitrogens with one attached hydrogen (secondary N) is 1. The molecule has 3 aliphatic rings. The van der Waals surface area contributed by atoms with Crippen LogP contribution in [0.4, 0.5) is 0 Å². The van der Waals surface area contributed by atoms with Crippen molar-refractivity contribution in [2.45, 2.75) is 50.0 Å². The number of likely N-dealkylation sites (tertiary alicyclic amines) is 1. The van der Waals surface area contributed by atoms with Gasteiger partial charge < -0.3 is 19.6 Å². The van der Waals surface area contributed by atoms with Crippen LogP contribution in [-0.4, -0.2) is 84.9 Å². The number of piperidine rings is 1. The molecule has 1 aromatic rings. The lowest BCUT2D eigenvalue weighted by molar-refractivity contribution is -0.190. The number of hydrogen-bond acceptors (Lipinski definition) is 6. The quantitative estimate of drug-likeness (QED) is 0.670. The first-order chi connectivity index (χ1) is 14.5. The van der Waals surface area contributed by atoms with Crippen molar-refractivity contribution < 1.29 is 27.9 Å². The van der Waals surface area contributed by atoms with Gasteiger partial charge in [0.25, 0.3) is 5.91 Å². The molecule has 170 valence electrons. The van der Waals surface area contributed by atoms with Crippen LogP contribution < -0.4 is 4.72 Å². The summed E-state index contributed by atoms with van der Waals surface area (Å²) in [5.41, 5.74) is -0.294. The van der Waals surface area contributed by atoms with Gasteiger partial charge in [0.2, 0.25) is 15.9 Å². The van der Waals surface area contributed by atoms with Gasteiger partial charge in [-0.3, -0.25) is 9.59 Å². The molecule has 2 saturated heterocycles. The van der Waals surface area contributed by atoms with Gasteiger partial charge in [-0.15, -0.1) is 0 Å². The van der Waals surface area contributed by atoms with Crippen LogP contribution in [0.5, 0.6) is 0 Å². The fourth-order valence-electron chi connectivity index (χ4n) is 4.70. The van der Waals surface area contributed by atoms with E-state index in [0.29, 0.717) is 44.5 Å². The Hall–Kier alpha value is -2.01. The van der Waals surface area contributed by atoms with Crippen molar-refractivity contribution in [3.8, 4) is 0 Å². The van der Waals surface area contributed by atoms with E-state index in [9.17, 15) is 23.1 Å². The Bertz CT molecular complexity index is 985. The molecule has 0 saturated carbocycles. The fourth-order valence-corrected chi connectivity index (χ4v) is 5.55. The SMILES string of the molecule is C[C@]1(O)COC2(CCN(C(=O)CN3Cc4ccccc4C3=O)CC2)C[C@@H]1NS(C)(=O)=O. The second-order valence-electron chi connectivity index (χ2n) is 9.17. The summed E-state index contributed by atoms with van der Waals surface area (Å²) in [6.45, 7) is 2.98. The molecule has 3 aliphatic heterocycles. The molecule has 1 aromatic carbocycles. The third-order valence-corrected chi connectivity index (χ3v) is 7.32. The molecular formula is C21H29N3O6S. The summed E-state index contributed by atoms with van der Waals surface area (Å²) in [6.07, 6.45) is 2.51. The van der Waals surface area contributed by atoms with Gasteiger partial charge in [0.15, 0.2) is 0 Å². The second kappa shape index (κ2) is 7.84. The maximum atomic E-state index is 12.8. The Kier molecular flexibility index (Phi) is 5.61. The molecule has 0 aromatic heterocycles. The molecule has 1 spiro atoms. The molecule has 2 fully saturated rings. The highest BCUT2D eigenvalue weighted by molar-refractivity contribution is 7.88. The first-order valence-electron chi connectivity index (χ1n) is 10.5. The van der Waals surface area contributed by atoms with Crippen molar-refractivity contribution >= 4 is 21.8 Å². The Morgan fingerprint density at radius 3 is 2.61 bits per heavy atom. The lowest BCUT2D eigenvalue weighted by atomic mass is 9.78. The monoisotopic (exact) mass is 451 g/mol. The predicted molar refractivity (Wildman–Crippen MR) is 113 cm³/mol. The van der Waals surface area contributed by atoms with Crippen LogP contribution in [0, 0.1) is 0 Å². The number of nitrogens with zero attached hydrogens (tertiary/aromatic N) is 2. The first-order valence-corrected chi connectivity index (χ1v) is 12.4. The van der Waals surface area contributed by atoms with Gasteiger partial charge in [0, 0.05) is 25.2 Å². The zero-order chi connectivity index (χ0) is 22.4. The van der Waals surface area contributed by atoms with E-state index in [1.165, 1.54) is 0 Å². The maximum Gasteiger partial charge on any atom is 0.254 e. The van der Waals surface area contributed by atoms with Gasteiger partial charge in [-0.2, -0.15) is 0 Å². The predicted octanol–water partition coefficient (Wildman–Crippen LogP) is 0.0927. The molecule has 4 rings (SSSR count). The van der Waals surface area contributed by atoms with Gasteiger partial charge in [-0.1, -0.05) is 18.2 Å². The summed E-state index contributed by atoms with van der Waals surface area (Å²) in [6, 6.07) is 6.73. The number of rotatable bonds is 4. The number of hydrogen-bond donors (Lipinski definition) is 2. The Morgan fingerprint density at radius 2 is 1.97 bits per heavy atom.